The first-order valence-corrected chi connectivity index (χ1v) is 7.85. The summed E-state index contributed by atoms with van der Waals surface area (Å²) in [6.45, 7) is 5.08. The fourth-order valence-electron chi connectivity index (χ4n) is 2.60. The number of aryl methyl sites for hydroxylation is 1. The predicted octanol–water partition coefficient (Wildman–Crippen LogP) is 1.18. The smallest absolute Gasteiger partial charge is 0.254 e. The molecule has 3 rings (SSSR count). The number of hydrogen-bond donors (Lipinski definition) is 1. The second kappa shape index (κ2) is 7.39. The monoisotopic (exact) mass is 314 g/mol. The Kier molecular flexibility index (Phi) is 5.05. The molecule has 0 spiro atoms. The highest BCUT2D eigenvalue weighted by Crippen LogP contribution is 2.09. The summed E-state index contributed by atoms with van der Waals surface area (Å²) in [6, 6.07) is 8.39. The van der Waals surface area contributed by atoms with Crippen LogP contribution in [0.3, 0.4) is 0 Å². The molecule has 23 heavy (non-hydrogen) atoms. The minimum absolute atomic E-state index is 0.101. The Morgan fingerprint density at radius 2 is 1.91 bits per heavy atom. The summed E-state index contributed by atoms with van der Waals surface area (Å²) in [5.41, 5.74) is 2.96. The zero-order chi connectivity index (χ0) is 16.1. The lowest BCUT2D eigenvalue weighted by atomic mass is 10.1. The molecular weight excluding hydrogens is 292 g/mol. The maximum atomic E-state index is 12.0. The standard InChI is InChI=1S/C17H22N4O2/c1-20-13-16(11-19-20)17(22)18-10-14-2-4-15(5-3-14)12-21-6-8-23-9-7-21/h2-5,11,13H,6-10,12H2,1H3,(H,18,22). The third-order valence-electron chi connectivity index (χ3n) is 3.95. The number of rotatable bonds is 5. The van der Waals surface area contributed by atoms with Crippen LogP contribution >= 0.6 is 0 Å². The molecule has 1 aliphatic rings. The number of ether oxygens (including phenoxy) is 1. The van der Waals surface area contributed by atoms with Crippen LogP contribution in [0.5, 0.6) is 0 Å². The Morgan fingerprint density at radius 3 is 2.57 bits per heavy atom. The van der Waals surface area contributed by atoms with Crippen LogP contribution in [0.25, 0.3) is 0 Å². The number of carbonyl (C=O) groups is 1. The Labute approximate surface area is 136 Å². The molecule has 6 nitrogen and oxygen atoms in total. The lowest BCUT2D eigenvalue weighted by molar-refractivity contribution is 0.0342. The highest BCUT2D eigenvalue weighted by atomic mass is 16.5. The van der Waals surface area contributed by atoms with Crippen LogP contribution in [-0.4, -0.2) is 46.9 Å². The number of benzene rings is 1. The van der Waals surface area contributed by atoms with E-state index < -0.39 is 0 Å². The normalized spacial score (nSPS) is 15.5. The zero-order valence-electron chi connectivity index (χ0n) is 13.4. The molecule has 0 bridgehead atoms. The molecule has 1 amide bonds. The van der Waals surface area contributed by atoms with Crippen molar-refractivity contribution in [2.45, 2.75) is 13.1 Å². The van der Waals surface area contributed by atoms with Gasteiger partial charge in [0.1, 0.15) is 0 Å². The number of aromatic nitrogens is 2. The van der Waals surface area contributed by atoms with E-state index in [2.05, 4.69) is 39.6 Å². The number of morpholine rings is 1. The Balaban J connectivity index is 1.50. The molecule has 0 radical (unpaired) electrons. The summed E-state index contributed by atoms with van der Waals surface area (Å²) in [7, 11) is 1.80. The second-order valence-corrected chi connectivity index (χ2v) is 5.79. The molecule has 2 aromatic rings. The van der Waals surface area contributed by atoms with Gasteiger partial charge in [-0.25, -0.2) is 0 Å². The average Bonchev–Trinajstić information content (AvgIpc) is 3.01. The highest BCUT2D eigenvalue weighted by Gasteiger charge is 2.11. The fourth-order valence-corrected chi connectivity index (χ4v) is 2.60. The van der Waals surface area contributed by atoms with E-state index in [1.54, 1.807) is 24.1 Å². The second-order valence-electron chi connectivity index (χ2n) is 5.79. The lowest BCUT2D eigenvalue weighted by Crippen LogP contribution is -2.35. The molecule has 1 aromatic heterocycles. The van der Waals surface area contributed by atoms with E-state index in [-0.39, 0.29) is 5.91 Å². The summed E-state index contributed by atoms with van der Waals surface area (Å²) in [5.74, 6) is -0.101. The molecule has 0 atom stereocenters. The predicted molar refractivity (Wildman–Crippen MR) is 86.9 cm³/mol. The van der Waals surface area contributed by atoms with Gasteiger partial charge in [-0.3, -0.25) is 14.4 Å². The first-order valence-electron chi connectivity index (χ1n) is 7.85. The van der Waals surface area contributed by atoms with E-state index in [1.165, 1.54) is 5.56 Å². The quantitative estimate of drug-likeness (QED) is 0.900. The summed E-state index contributed by atoms with van der Waals surface area (Å²) in [5, 5.41) is 6.91. The molecule has 1 aromatic carbocycles. The lowest BCUT2D eigenvalue weighted by Gasteiger charge is -2.26. The van der Waals surface area contributed by atoms with Gasteiger partial charge in [0.25, 0.3) is 5.91 Å². The summed E-state index contributed by atoms with van der Waals surface area (Å²) >= 11 is 0. The first-order chi connectivity index (χ1) is 11.2. The Morgan fingerprint density at radius 1 is 1.22 bits per heavy atom. The SMILES string of the molecule is Cn1cc(C(=O)NCc2ccc(CN3CCOCC3)cc2)cn1. The van der Waals surface area contributed by atoms with E-state index in [4.69, 9.17) is 4.74 Å². The molecule has 0 unspecified atom stereocenters. The van der Waals surface area contributed by atoms with Crippen molar-refractivity contribution in [1.29, 1.82) is 0 Å². The van der Waals surface area contributed by atoms with Crippen LogP contribution in [-0.2, 0) is 24.9 Å². The van der Waals surface area contributed by atoms with Crippen LogP contribution in [0.1, 0.15) is 21.5 Å². The molecule has 122 valence electrons. The van der Waals surface area contributed by atoms with Crippen molar-refractivity contribution in [1.82, 2.24) is 20.0 Å². The topological polar surface area (TPSA) is 59.4 Å². The van der Waals surface area contributed by atoms with E-state index >= 15 is 0 Å². The van der Waals surface area contributed by atoms with Gasteiger partial charge in [0.05, 0.1) is 25.0 Å². The van der Waals surface area contributed by atoms with Crippen molar-refractivity contribution >= 4 is 5.91 Å². The molecule has 2 heterocycles. The van der Waals surface area contributed by atoms with E-state index in [9.17, 15) is 4.79 Å². The maximum Gasteiger partial charge on any atom is 0.254 e. The third kappa shape index (κ3) is 4.40. The van der Waals surface area contributed by atoms with Gasteiger partial charge in [0.2, 0.25) is 0 Å². The van der Waals surface area contributed by atoms with Crippen LogP contribution in [0.4, 0.5) is 0 Å². The van der Waals surface area contributed by atoms with Gasteiger partial charge in [-0.2, -0.15) is 5.10 Å². The largest absolute Gasteiger partial charge is 0.379 e. The van der Waals surface area contributed by atoms with Gasteiger partial charge in [0, 0.05) is 39.4 Å². The fraction of sp³-hybridized carbons (Fsp3) is 0.412. The van der Waals surface area contributed by atoms with Gasteiger partial charge in [0.15, 0.2) is 0 Å². The molecule has 6 heteroatoms. The van der Waals surface area contributed by atoms with Crippen LogP contribution < -0.4 is 5.32 Å². The van der Waals surface area contributed by atoms with Gasteiger partial charge in [-0.15, -0.1) is 0 Å². The number of hydrogen-bond acceptors (Lipinski definition) is 4. The molecule has 1 N–H and O–H groups in total. The number of nitrogens with one attached hydrogen (secondary N) is 1. The first kappa shape index (κ1) is 15.7. The minimum atomic E-state index is -0.101. The summed E-state index contributed by atoms with van der Waals surface area (Å²) in [4.78, 5) is 14.4. The Bertz CT molecular complexity index is 645. The minimum Gasteiger partial charge on any atom is -0.379 e. The van der Waals surface area contributed by atoms with Gasteiger partial charge in [-0.05, 0) is 11.1 Å². The van der Waals surface area contributed by atoms with Gasteiger partial charge in [-0.1, -0.05) is 24.3 Å². The highest BCUT2D eigenvalue weighted by molar-refractivity contribution is 5.93. The number of amides is 1. The molecule has 0 saturated carbocycles. The van der Waals surface area contributed by atoms with Crippen molar-refractivity contribution in [2.24, 2.45) is 7.05 Å². The summed E-state index contributed by atoms with van der Waals surface area (Å²) < 4.78 is 6.98. The number of carbonyl (C=O) groups excluding carboxylic acids is 1. The van der Waals surface area contributed by atoms with Crippen LogP contribution in [0.15, 0.2) is 36.7 Å². The van der Waals surface area contributed by atoms with Gasteiger partial charge < -0.3 is 10.1 Å². The molecule has 1 fully saturated rings. The molecule has 1 aliphatic heterocycles. The van der Waals surface area contributed by atoms with Crippen molar-refractivity contribution < 1.29 is 9.53 Å². The van der Waals surface area contributed by atoms with E-state index in [0.717, 1.165) is 38.4 Å². The van der Waals surface area contributed by atoms with E-state index in [0.29, 0.717) is 12.1 Å². The molecular formula is C17H22N4O2. The molecule has 1 saturated heterocycles. The third-order valence-corrected chi connectivity index (χ3v) is 3.95. The average molecular weight is 314 g/mol. The van der Waals surface area contributed by atoms with Crippen molar-refractivity contribution in [2.75, 3.05) is 26.3 Å². The van der Waals surface area contributed by atoms with Crippen LogP contribution in [0, 0.1) is 0 Å². The summed E-state index contributed by atoms with van der Waals surface area (Å²) in [6.07, 6.45) is 3.28. The number of nitrogens with zero attached hydrogens (tertiary/aromatic N) is 3. The van der Waals surface area contributed by atoms with Crippen molar-refractivity contribution in [3.05, 3.63) is 53.3 Å². The molecule has 0 aliphatic carbocycles. The van der Waals surface area contributed by atoms with Crippen molar-refractivity contribution in [3.63, 3.8) is 0 Å². The van der Waals surface area contributed by atoms with Crippen molar-refractivity contribution in [3.8, 4) is 0 Å². The zero-order valence-corrected chi connectivity index (χ0v) is 13.4. The van der Waals surface area contributed by atoms with E-state index in [1.807, 2.05) is 0 Å². The maximum absolute atomic E-state index is 12.0. The van der Waals surface area contributed by atoms with Gasteiger partial charge >= 0.3 is 0 Å². The Hall–Kier alpha value is -2.18. The van der Waals surface area contributed by atoms with Crippen LogP contribution in [0.2, 0.25) is 0 Å².